The zero-order valence-corrected chi connectivity index (χ0v) is 31.8. The van der Waals surface area contributed by atoms with Gasteiger partial charge in [-0.3, -0.25) is 9.69 Å². The van der Waals surface area contributed by atoms with Crippen molar-refractivity contribution in [3.05, 3.63) is 0 Å². The summed E-state index contributed by atoms with van der Waals surface area (Å²) in [5.74, 6) is 1.83. The molecule has 5 saturated carbocycles. The number of aliphatic hydroxyl groups is 3. The number of ether oxygens (including phenoxy) is 3. The molecule has 2 heterocycles. The molecule has 9 nitrogen and oxygen atoms in total. The second-order valence-corrected chi connectivity index (χ2v) is 19.5. The van der Waals surface area contributed by atoms with Gasteiger partial charge in [0.1, 0.15) is 6.10 Å². The highest BCUT2D eigenvalue weighted by Crippen LogP contribution is 2.89. The van der Waals surface area contributed by atoms with Crippen molar-refractivity contribution in [2.24, 2.45) is 50.7 Å². The van der Waals surface area contributed by atoms with Crippen molar-refractivity contribution in [3.8, 4) is 0 Å². The smallest absolute Gasteiger partial charge is 0.237 e. The van der Waals surface area contributed by atoms with Gasteiger partial charge in [0.2, 0.25) is 5.91 Å². The van der Waals surface area contributed by atoms with Crippen LogP contribution in [0.25, 0.3) is 0 Å². The van der Waals surface area contributed by atoms with E-state index in [0.717, 1.165) is 51.6 Å². The third-order valence-corrected chi connectivity index (χ3v) is 16.9. The molecule has 0 aromatic carbocycles. The monoisotopic (exact) mass is 689 g/mol. The van der Waals surface area contributed by atoms with E-state index in [1.807, 2.05) is 0 Å². The maximum atomic E-state index is 12.6. The number of carbonyl (C=O) groups is 1. The van der Waals surface area contributed by atoms with Crippen LogP contribution >= 0.6 is 0 Å². The summed E-state index contributed by atoms with van der Waals surface area (Å²) in [5.41, 5.74) is -0.748. The molecule has 4 N–H and O–H groups in total. The molecule has 7 fully saturated rings. The van der Waals surface area contributed by atoms with Crippen LogP contribution in [0.2, 0.25) is 0 Å². The molecule has 14 atom stereocenters. The van der Waals surface area contributed by atoms with E-state index < -0.39 is 17.8 Å². The first-order valence-electron chi connectivity index (χ1n) is 19.9. The fourth-order valence-electron chi connectivity index (χ4n) is 14.1. The quantitative estimate of drug-likeness (QED) is 0.271. The molecule has 5 aliphatic carbocycles. The molecule has 0 aromatic rings. The molecule has 4 unspecified atom stereocenters. The van der Waals surface area contributed by atoms with Crippen molar-refractivity contribution in [2.45, 2.75) is 161 Å². The Bertz CT molecular complexity index is 1260. The van der Waals surface area contributed by atoms with E-state index in [-0.39, 0.29) is 52.6 Å². The number of carbonyl (C=O) groups excluding carboxylic acids is 1. The highest BCUT2D eigenvalue weighted by Gasteiger charge is 2.83. The number of hydrogen-bond acceptors (Lipinski definition) is 8. The number of rotatable bonds is 9. The van der Waals surface area contributed by atoms with Crippen molar-refractivity contribution < 1.29 is 34.3 Å². The minimum atomic E-state index is -1.24. The van der Waals surface area contributed by atoms with Crippen LogP contribution in [0, 0.1) is 50.7 Å². The first-order chi connectivity index (χ1) is 23.0. The largest absolute Gasteiger partial charge is 0.393 e. The Hall–Kier alpha value is -0.810. The van der Waals surface area contributed by atoms with Gasteiger partial charge in [-0.1, -0.05) is 34.6 Å². The maximum Gasteiger partial charge on any atom is 0.237 e. The predicted molar refractivity (Wildman–Crippen MR) is 187 cm³/mol. The minimum Gasteiger partial charge on any atom is -0.393 e. The summed E-state index contributed by atoms with van der Waals surface area (Å²) in [6.45, 7) is 18.2. The Morgan fingerprint density at radius 2 is 1.78 bits per heavy atom. The lowest BCUT2D eigenvalue weighted by Gasteiger charge is -2.64. The average molecular weight is 689 g/mol. The minimum absolute atomic E-state index is 0.00556. The van der Waals surface area contributed by atoms with Crippen molar-refractivity contribution in [3.63, 3.8) is 0 Å². The van der Waals surface area contributed by atoms with Crippen molar-refractivity contribution in [1.29, 1.82) is 0 Å². The molecule has 0 radical (unpaired) electrons. The van der Waals surface area contributed by atoms with Crippen LogP contribution in [0.5, 0.6) is 0 Å². The van der Waals surface area contributed by atoms with Gasteiger partial charge in [0.25, 0.3) is 0 Å². The average Bonchev–Trinajstić information content (AvgIpc) is 3.67. The summed E-state index contributed by atoms with van der Waals surface area (Å²) >= 11 is 0. The lowest BCUT2D eigenvalue weighted by Crippen LogP contribution is -2.60. The van der Waals surface area contributed by atoms with E-state index in [9.17, 15) is 20.1 Å². The molecule has 1 amide bonds. The number of piperidine rings is 1. The number of aliphatic hydroxyl groups excluding tert-OH is 2. The number of hydrogen-bond donors (Lipinski definition) is 4. The van der Waals surface area contributed by atoms with Gasteiger partial charge in [-0.2, -0.15) is 0 Å². The van der Waals surface area contributed by atoms with Gasteiger partial charge in [-0.15, -0.1) is 0 Å². The number of nitrogens with zero attached hydrogens (tertiary/aromatic N) is 1. The first-order valence-corrected chi connectivity index (χ1v) is 19.9. The van der Waals surface area contributed by atoms with E-state index in [2.05, 4.69) is 44.8 Å². The summed E-state index contributed by atoms with van der Waals surface area (Å²) in [6.07, 6.45) is 9.71. The molecule has 2 spiro atoms. The van der Waals surface area contributed by atoms with Gasteiger partial charge in [0.05, 0.1) is 43.1 Å². The number of amides is 1. The first kappa shape index (κ1) is 36.5. The van der Waals surface area contributed by atoms with Crippen LogP contribution in [0.15, 0.2) is 0 Å². The summed E-state index contributed by atoms with van der Waals surface area (Å²) in [7, 11) is 1.63. The number of nitrogens with one attached hydrogen (secondary N) is 1. The van der Waals surface area contributed by atoms with Crippen LogP contribution in [-0.2, 0) is 19.0 Å². The highest BCUT2D eigenvalue weighted by atomic mass is 16.7. The second-order valence-electron chi connectivity index (χ2n) is 19.5. The van der Waals surface area contributed by atoms with Gasteiger partial charge < -0.3 is 34.8 Å². The summed E-state index contributed by atoms with van der Waals surface area (Å²) < 4.78 is 18.9. The predicted octanol–water partition coefficient (Wildman–Crippen LogP) is 4.89. The molecule has 2 aliphatic heterocycles. The SMILES string of the molecule is COC(C[C@@H](C)C1C[C@H](O)[C@@]2(C)[C@@H]3CC[C@H]4C(C)(C)[C@@H](OC5CN([C@@H]6CCCNC6=O)CCO5)CC[C@@]45CC35CC[C@]12C)[C@H](O)C(C)(C)O. The van der Waals surface area contributed by atoms with Crippen LogP contribution in [-0.4, -0.2) is 102 Å². The zero-order valence-electron chi connectivity index (χ0n) is 31.8. The summed E-state index contributed by atoms with van der Waals surface area (Å²) in [4.78, 5) is 14.9. The van der Waals surface area contributed by atoms with Crippen molar-refractivity contribution >= 4 is 5.91 Å². The third kappa shape index (κ3) is 5.35. The van der Waals surface area contributed by atoms with Crippen LogP contribution in [0.4, 0.5) is 0 Å². The summed E-state index contributed by atoms with van der Waals surface area (Å²) in [6, 6.07) is -0.0689. The standard InChI is InChI=1S/C40H68N2O7/c1-24(20-27(47-8)33(44)36(4,5)46)25-21-30(43)38(7)29-12-11-28-35(2,3)31(13-14-39(28)23-40(29,39)16-15-37(25,38)6)49-32-22-42(18-19-48-32)26-10-9-17-41-34(26)45/h24-33,43-44,46H,9-23H2,1-8H3,(H,41,45)/t24-,25?,26-,27?,28+,29+,30+,31+,32?,33+,37-,38-,39-,40?/m1/s1. The van der Waals surface area contributed by atoms with Gasteiger partial charge >= 0.3 is 0 Å². The Morgan fingerprint density at radius 1 is 1.06 bits per heavy atom. The lowest BCUT2D eigenvalue weighted by atomic mass is 9.41. The Morgan fingerprint density at radius 3 is 2.47 bits per heavy atom. The van der Waals surface area contributed by atoms with E-state index in [0.29, 0.717) is 48.2 Å². The van der Waals surface area contributed by atoms with Crippen LogP contribution in [0.3, 0.4) is 0 Å². The fraction of sp³-hybridized carbons (Fsp3) is 0.975. The van der Waals surface area contributed by atoms with E-state index in [4.69, 9.17) is 14.2 Å². The third-order valence-electron chi connectivity index (χ3n) is 16.9. The van der Waals surface area contributed by atoms with Gasteiger partial charge in [-0.05, 0) is 130 Å². The number of fused-ring (bicyclic) bond motifs is 2. The normalized spacial score (nSPS) is 48.3. The molecule has 280 valence electrons. The maximum absolute atomic E-state index is 12.6. The lowest BCUT2D eigenvalue weighted by molar-refractivity contribution is -0.251. The fourth-order valence-corrected chi connectivity index (χ4v) is 14.1. The van der Waals surface area contributed by atoms with Crippen molar-refractivity contribution in [2.75, 3.05) is 33.4 Å². The van der Waals surface area contributed by atoms with E-state index in [1.165, 1.54) is 25.7 Å². The molecular formula is C40H68N2O7. The molecule has 0 aromatic heterocycles. The zero-order chi connectivity index (χ0) is 35.4. The molecular weight excluding hydrogens is 620 g/mol. The second kappa shape index (κ2) is 12.4. The highest BCUT2D eigenvalue weighted by molar-refractivity contribution is 5.82. The van der Waals surface area contributed by atoms with E-state index >= 15 is 0 Å². The molecule has 49 heavy (non-hydrogen) atoms. The van der Waals surface area contributed by atoms with Gasteiger partial charge in [0, 0.05) is 25.6 Å². The summed E-state index contributed by atoms with van der Waals surface area (Å²) in [5, 5.41) is 36.6. The van der Waals surface area contributed by atoms with Gasteiger partial charge in [-0.25, -0.2) is 0 Å². The van der Waals surface area contributed by atoms with Crippen LogP contribution in [0.1, 0.15) is 119 Å². The molecule has 2 saturated heterocycles. The number of morpholine rings is 1. The molecule has 0 bridgehead atoms. The topological polar surface area (TPSA) is 121 Å². The Kier molecular flexibility index (Phi) is 9.23. The van der Waals surface area contributed by atoms with Crippen LogP contribution < -0.4 is 5.32 Å². The Labute approximate surface area is 295 Å². The van der Waals surface area contributed by atoms with Crippen molar-refractivity contribution in [1.82, 2.24) is 10.2 Å². The Balaban J connectivity index is 1.06. The molecule has 7 aliphatic rings. The molecule has 9 heteroatoms. The van der Waals surface area contributed by atoms with Gasteiger partial charge in [0.15, 0.2) is 6.29 Å². The molecule has 7 rings (SSSR count). The number of methoxy groups -OCH3 is 1. The van der Waals surface area contributed by atoms with E-state index in [1.54, 1.807) is 21.0 Å².